The van der Waals surface area contributed by atoms with Crippen LogP contribution in [0, 0.1) is 0 Å². The van der Waals surface area contributed by atoms with Gasteiger partial charge in [-0.05, 0) is 38.8 Å². The van der Waals surface area contributed by atoms with E-state index in [0.717, 1.165) is 45.4 Å². The Labute approximate surface area is 117 Å². The van der Waals surface area contributed by atoms with E-state index in [4.69, 9.17) is 4.74 Å². The van der Waals surface area contributed by atoms with Gasteiger partial charge in [-0.15, -0.1) is 0 Å². The van der Waals surface area contributed by atoms with E-state index in [1.165, 1.54) is 4.31 Å². The normalized spacial score (nSPS) is 20.3. The molecule has 0 radical (unpaired) electrons. The van der Waals surface area contributed by atoms with Crippen LogP contribution in [0.1, 0.15) is 32.6 Å². The zero-order valence-electron chi connectivity index (χ0n) is 12.0. The molecule has 0 aromatic carbocycles. The van der Waals surface area contributed by atoms with Gasteiger partial charge in [-0.25, -0.2) is 0 Å². The van der Waals surface area contributed by atoms with Gasteiger partial charge < -0.3 is 10.1 Å². The molecule has 0 bridgehead atoms. The molecule has 6 nitrogen and oxygen atoms in total. The van der Waals surface area contributed by atoms with Crippen molar-refractivity contribution in [2.24, 2.45) is 0 Å². The van der Waals surface area contributed by atoms with Crippen molar-refractivity contribution in [2.75, 3.05) is 39.8 Å². The molecular weight excluding hydrogens is 266 g/mol. The Hall–Kier alpha value is -0.210. The number of hydrogen-bond donors (Lipinski definition) is 2. The maximum Gasteiger partial charge on any atom is 0.279 e. The molecular formula is C12H27N3O3S. The average molecular weight is 293 g/mol. The van der Waals surface area contributed by atoms with Crippen LogP contribution >= 0.6 is 0 Å². The minimum absolute atomic E-state index is 0.0365. The second kappa shape index (κ2) is 8.86. The van der Waals surface area contributed by atoms with E-state index in [1.54, 1.807) is 7.05 Å². The van der Waals surface area contributed by atoms with Gasteiger partial charge in [0.15, 0.2) is 0 Å². The number of nitrogens with one attached hydrogen (secondary N) is 2. The van der Waals surface area contributed by atoms with E-state index < -0.39 is 10.2 Å². The van der Waals surface area contributed by atoms with Crippen LogP contribution in [0.2, 0.25) is 0 Å². The van der Waals surface area contributed by atoms with Crippen LogP contribution in [0.15, 0.2) is 0 Å². The molecule has 1 rings (SSSR count). The minimum Gasteiger partial charge on any atom is -0.377 e. The highest BCUT2D eigenvalue weighted by Crippen LogP contribution is 2.11. The fraction of sp³-hybridized carbons (Fsp3) is 1.00. The van der Waals surface area contributed by atoms with Crippen LogP contribution < -0.4 is 10.0 Å². The Morgan fingerprint density at radius 2 is 2.16 bits per heavy atom. The zero-order valence-corrected chi connectivity index (χ0v) is 12.8. The Morgan fingerprint density at radius 3 is 2.79 bits per heavy atom. The quantitative estimate of drug-likeness (QED) is 0.569. The molecule has 19 heavy (non-hydrogen) atoms. The predicted octanol–water partition coefficient (Wildman–Crippen LogP) is 0.321. The molecule has 0 aromatic rings. The molecule has 2 N–H and O–H groups in total. The lowest BCUT2D eigenvalue weighted by atomic mass is 10.2. The molecule has 1 heterocycles. The lowest BCUT2D eigenvalue weighted by Crippen LogP contribution is -2.42. The zero-order chi connectivity index (χ0) is 14.1. The van der Waals surface area contributed by atoms with Gasteiger partial charge in [0.25, 0.3) is 10.2 Å². The van der Waals surface area contributed by atoms with E-state index in [1.807, 2.05) is 0 Å². The summed E-state index contributed by atoms with van der Waals surface area (Å²) in [4.78, 5) is 0. The maximum absolute atomic E-state index is 11.9. The van der Waals surface area contributed by atoms with Crippen molar-refractivity contribution in [3.05, 3.63) is 0 Å². The third kappa shape index (κ3) is 6.67. The summed E-state index contributed by atoms with van der Waals surface area (Å²) in [7, 11) is -1.76. The van der Waals surface area contributed by atoms with Crippen LogP contribution in [0.5, 0.6) is 0 Å². The molecule has 114 valence electrons. The third-order valence-electron chi connectivity index (χ3n) is 3.18. The fourth-order valence-corrected chi connectivity index (χ4v) is 2.95. The van der Waals surface area contributed by atoms with Crippen molar-refractivity contribution in [3.63, 3.8) is 0 Å². The lowest BCUT2D eigenvalue weighted by molar-refractivity contribution is 0.114. The largest absolute Gasteiger partial charge is 0.377 e. The summed E-state index contributed by atoms with van der Waals surface area (Å²) in [6, 6.07) is 0. The van der Waals surface area contributed by atoms with Crippen molar-refractivity contribution in [1.29, 1.82) is 0 Å². The Balaban J connectivity index is 2.18. The van der Waals surface area contributed by atoms with E-state index >= 15 is 0 Å². The van der Waals surface area contributed by atoms with Gasteiger partial charge in [0, 0.05) is 26.7 Å². The van der Waals surface area contributed by atoms with Gasteiger partial charge in [-0.2, -0.15) is 17.4 Å². The van der Waals surface area contributed by atoms with Crippen LogP contribution in [0.4, 0.5) is 0 Å². The number of ether oxygens (including phenoxy) is 1. The summed E-state index contributed by atoms with van der Waals surface area (Å²) in [5.41, 5.74) is 0. The first-order valence-corrected chi connectivity index (χ1v) is 8.53. The highest BCUT2D eigenvalue weighted by molar-refractivity contribution is 7.87. The van der Waals surface area contributed by atoms with Crippen molar-refractivity contribution in [3.8, 4) is 0 Å². The molecule has 0 amide bonds. The molecule has 7 heteroatoms. The first-order valence-electron chi connectivity index (χ1n) is 7.09. The first-order chi connectivity index (χ1) is 9.06. The Bertz CT molecular complexity index is 329. The summed E-state index contributed by atoms with van der Waals surface area (Å²) in [6.07, 6.45) is 3.90. The molecule has 0 spiro atoms. The van der Waals surface area contributed by atoms with Crippen LogP contribution in [0.3, 0.4) is 0 Å². The predicted molar refractivity (Wildman–Crippen MR) is 76.3 cm³/mol. The van der Waals surface area contributed by atoms with Crippen molar-refractivity contribution >= 4 is 10.2 Å². The monoisotopic (exact) mass is 293 g/mol. The van der Waals surface area contributed by atoms with Gasteiger partial charge in [-0.3, -0.25) is 0 Å². The van der Waals surface area contributed by atoms with Crippen molar-refractivity contribution in [2.45, 2.75) is 38.7 Å². The third-order valence-corrected chi connectivity index (χ3v) is 4.72. The average Bonchev–Trinajstić information content (AvgIpc) is 2.89. The SMILES string of the molecule is CCCNCCCN(C)S(=O)(=O)NCC1CCCO1. The topological polar surface area (TPSA) is 70.7 Å². The van der Waals surface area contributed by atoms with E-state index in [9.17, 15) is 8.42 Å². The molecule has 1 aliphatic heterocycles. The molecule has 0 aromatic heterocycles. The first kappa shape index (κ1) is 16.8. The molecule has 1 fully saturated rings. The second-order valence-electron chi connectivity index (χ2n) is 4.91. The lowest BCUT2D eigenvalue weighted by Gasteiger charge is -2.19. The number of hydrogen-bond acceptors (Lipinski definition) is 4. The summed E-state index contributed by atoms with van der Waals surface area (Å²) in [5.74, 6) is 0. The van der Waals surface area contributed by atoms with Crippen LogP contribution in [0.25, 0.3) is 0 Å². The molecule has 1 unspecified atom stereocenters. The van der Waals surface area contributed by atoms with Crippen molar-refractivity contribution < 1.29 is 13.2 Å². The van der Waals surface area contributed by atoms with Gasteiger partial charge in [0.1, 0.15) is 0 Å². The van der Waals surface area contributed by atoms with Gasteiger partial charge in [-0.1, -0.05) is 6.92 Å². The highest BCUT2D eigenvalue weighted by atomic mass is 32.2. The molecule has 0 aliphatic carbocycles. The van der Waals surface area contributed by atoms with Gasteiger partial charge in [0.05, 0.1) is 6.10 Å². The molecule has 1 aliphatic rings. The van der Waals surface area contributed by atoms with Gasteiger partial charge in [0.2, 0.25) is 0 Å². The smallest absolute Gasteiger partial charge is 0.279 e. The van der Waals surface area contributed by atoms with Crippen LogP contribution in [-0.2, 0) is 14.9 Å². The Morgan fingerprint density at radius 1 is 1.37 bits per heavy atom. The summed E-state index contributed by atoms with van der Waals surface area (Å²) in [6.45, 7) is 5.58. The summed E-state index contributed by atoms with van der Waals surface area (Å²) >= 11 is 0. The van der Waals surface area contributed by atoms with E-state index in [2.05, 4.69) is 17.0 Å². The molecule has 1 saturated heterocycles. The van der Waals surface area contributed by atoms with E-state index in [-0.39, 0.29) is 6.10 Å². The highest BCUT2D eigenvalue weighted by Gasteiger charge is 2.21. The van der Waals surface area contributed by atoms with E-state index in [0.29, 0.717) is 13.1 Å². The number of rotatable bonds is 10. The second-order valence-corrected chi connectivity index (χ2v) is 6.78. The summed E-state index contributed by atoms with van der Waals surface area (Å²) in [5, 5.41) is 3.26. The van der Waals surface area contributed by atoms with Crippen LogP contribution in [-0.4, -0.2) is 58.7 Å². The van der Waals surface area contributed by atoms with Gasteiger partial charge >= 0.3 is 0 Å². The fourth-order valence-electron chi connectivity index (χ4n) is 1.96. The molecule has 0 saturated carbocycles. The maximum atomic E-state index is 11.9. The Kier molecular flexibility index (Phi) is 7.86. The van der Waals surface area contributed by atoms with Crippen molar-refractivity contribution in [1.82, 2.24) is 14.3 Å². The molecule has 1 atom stereocenters. The summed E-state index contributed by atoms with van der Waals surface area (Å²) < 4.78 is 33.3. The minimum atomic E-state index is -3.36. The standard InChI is InChI=1S/C12H27N3O3S/c1-3-7-13-8-5-9-15(2)19(16,17)14-11-12-6-4-10-18-12/h12-14H,3-11H2,1-2H3. The number of nitrogens with zero attached hydrogens (tertiary/aromatic N) is 1.